The number of carbonyl (C=O) groups excluding carboxylic acids is 1. The molecule has 1 atom stereocenters. The lowest BCUT2D eigenvalue weighted by Gasteiger charge is -2.36. The molecule has 0 bridgehead atoms. The van der Waals surface area contributed by atoms with Crippen molar-refractivity contribution in [3.05, 3.63) is 66.3 Å². The third-order valence-electron chi connectivity index (χ3n) is 6.28. The second-order valence-electron chi connectivity index (χ2n) is 8.42. The van der Waals surface area contributed by atoms with Crippen LogP contribution in [0.5, 0.6) is 0 Å². The molecular weight excluding hydrogens is 404 g/mol. The van der Waals surface area contributed by atoms with Gasteiger partial charge in [-0.15, -0.1) is 10.2 Å². The van der Waals surface area contributed by atoms with Gasteiger partial charge in [0.05, 0.1) is 6.42 Å². The van der Waals surface area contributed by atoms with Crippen LogP contribution in [0.4, 0.5) is 0 Å². The molecule has 8 nitrogen and oxygen atoms in total. The van der Waals surface area contributed by atoms with Gasteiger partial charge in [-0.3, -0.25) is 9.48 Å². The molecule has 0 radical (unpaired) electrons. The summed E-state index contributed by atoms with van der Waals surface area (Å²) < 4.78 is 7.78. The van der Waals surface area contributed by atoms with E-state index in [9.17, 15) is 4.79 Å². The maximum Gasteiger partial charge on any atom is 0.223 e. The highest BCUT2D eigenvalue weighted by Gasteiger charge is 2.26. The zero-order valence-corrected chi connectivity index (χ0v) is 18.1. The van der Waals surface area contributed by atoms with Gasteiger partial charge in [0.25, 0.3) is 0 Å². The van der Waals surface area contributed by atoms with Crippen LogP contribution in [-0.2, 0) is 24.2 Å². The topological polar surface area (TPSA) is 92.8 Å². The number of fused-ring (bicyclic) bond motifs is 1. The van der Waals surface area contributed by atoms with Crippen LogP contribution in [0, 0.1) is 0 Å². The van der Waals surface area contributed by atoms with Crippen LogP contribution in [0.2, 0.25) is 0 Å². The largest absolute Gasteiger partial charge is 0.425 e. The van der Waals surface area contributed by atoms with E-state index in [1.807, 2.05) is 41.3 Å². The van der Waals surface area contributed by atoms with E-state index in [2.05, 4.69) is 31.2 Å². The summed E-state index contributed by atoms with van der Waals surface area (Å²) in [5, 5.41) is 13.8. The number of likely N-dealkylation sites (tertiary alicyclic amines) is 1. The number of hydrogen-bond donors (Lipinski definition) is 1. The fraction of sp³-hybridized carbons (Fsp3) is 0.417. The number of piperidine rings is 1. The Kier molecular flexibility index (Phi) is 6.00. The highest BCUT2D eigenvalue weighted by Crippen LogP contribution is 2.23. The lowest BCUT2D eigenvalue weighted by molar-refractivity contribution is -0.135. The van der Waals surface area contributed by atoms with Crippen molar-refractivity contribution in [3.8, 4) is 0 Å². The zero-order valence-electron chi connectivity index (χ0n) is 18.1. The van der Waals surface area contributed by atoms with E-state index in [-0.39, 0.29) is 11.9 Å². The highest BCUT2D eigenvalue weighted by atomic mass is 16.4. The Balaban J connectivity index is 1.16. The van der Waals surface area contributed by atoms with Crippen molar-refractivity contribution in [1.29, 1.82) is 0 Å². The molecule has 4 aromatic rings. The van der Waals surface area contributed by atoms with Gasteiger partial charge in [0.2, 0.25) is 17.7 Å². The number of hydrogen-bond acceptors (Lipinski definition) is 5. The normalized spacial score (nSPS) is 16.6. The van der Waals surface area contributed by atoms with Crippen LogP contribution < -0.4 is 0 Å². The van der Waals surface area contributed by atoms with Crippen LogP contribution >= 0.6 is 0 Å². The van der Waals surface area contributed by atoms with Crippen LogP contribution in [-0.4, -0.2) is 48.4 Å². The van der Waals surface area contributed by atoms with Gasteiger partial charge in [0, 0.05) is 61.5 Å². The molecule has 4 heterocycles. The minimum atomic E-state index is 0.173. The van der Waals surface area contributed by atoms with Gasteiger partial charge in [-0.2, -0.15) is 5.10 Å². The second-order valence-corrected chi connectivity index (χ2v) is 8.42. The quantitative estimate of drug-likeness (QED) is 0.458. The molecule has 8 heteroatoms. The van der Waals surface area contributed by atoms with Crippen molar-refractivity contribution in [2.45, 2.75) is 57.5 Å². The Morgan fingerprint density at radius 2 is 2.06 bits per heavy atom. The van der Waals surface area contributed by atoms with Crippen LogP contribution in [0.25, 0.3) is 10.9 Å². The molecule has 3 aromatic heterocycles. The highest BCUT2D eigenvalue weighted by molar-refractivity contribution is 5.83. The molecule has 0 aliphatic carbocycles. The average Bonchev–Trinajstić information content (AvgIpc) is 3.59. The second kappa shape index (κ2) is 9.38. The standard InChI is InChI=1S/C24H28N6O2/c31-24(30-14-4-3-6-19(30)11-15-29-13-5-12-26-29)10-9-22-27-28-23(32-22)16-18-17-25-21-8-2-1-7-20(18)21/h1-2,5,7-8,12-13,17,19,25H,3-4,6,9-11,14-16H2/t19-/m0/s1. The van der Waals surface area contributed by atoms with E-state index in [0.29, 0.717) is 31.0 Å². The lowest BCUT2D eigenvalue weighted by Crippen LogP contribution is -2.44. The predicted octanol–water partition coefficient (Wildman–Crippen LogP) is 3.74. The third-order valence-corrected chi connectivity index (χ3v) is 6.28. The summed E-state index contributed by atoms with van der Waals surface area (Å²) in [6.45, 7) is 1.67. The number of benzene rings is 1. The number of H-pyrrole nitrogens is 1. The summed E-state index contributed by atoms with van der Waals surface area (Å²) in [5.41, 5.74) is 2.22. The average molecular weight is 433 g/mol. The molecule has 32 heavy (non-hydrogen) atoms. The Labute approximate surface area is 186 Å². The van der Waals surface area contributed by atoms with Gasteiger partial charge < -0.3 is 14.3 Å². The lowest BCUT2D eigenvalue weighted by atomic mass is 9.98. The SMILES string of the molecule is O=C(CCc1nnc(Cc2c[nH]c3ccccc23)o1)N1CCCC[C@H]1CCn1cccn1. The predicted molar refractivity (Wildman–Crippen MR) is 120 cm³/mol. The fourth-order valence-electron chi connectivity index (χ4n) is 4.60. The molecule has 1 N–H and O–H groups in total. The summed E-state index contributed by atoms with van der Waals surface area (Å²) in [4.78, 5) is 18.3. The molecule has 166 valence electrons. The van der Waals surface area contributed by atoms with Gasteiger partial charge in [-0.1, -0.05) is 18.2 Å². The van der Waals surface area contributed by atoms with Gasteiger partial charge >= 0.3 is 0 Å². The number of aromatic nitrogens is 5. The van der Waals surface area contributed by atoms with Gasteiger partial charge in [-0.25, -0.2) is 0 Å². The maximum atomic E-state index is 13.0. The fourth-order valence-corrected chi connectivity index (χ4v) is 4.60. The third kappa shape index (κ3) is 4.59. The first-order valence-corrected chi connectivity index (χ1v) is 11.4. The van der Waals surface area contributed by atoms with E-state index < -0.39 is 0 Å². The molecule has 1 saturated heterocycles. The minimum absolute atomic E-state index is 0.173. The van der Waals surface area contributed by atoms with Crippen molar-refractivity contribution >= 4 is 16.8 Å². The summed E-state index contributed by atoms with van der Waals surface area (Å²) in [7, 11) is 0. The van der Waals surface area contributed by atoms with Crippen LogP contribution in [0.15, 0.2) is 53.3 Å². The molecule has 0 unspecified atom stereocenters. The Hall–Kier alpha value is -3.42. The summed E-state index contributed by atoms with van der Waals surface area (Å²) in [6.07, 6.45) is 11.4. The Bertz CT molecular complexity index is 1160. The van der Waals surface area contributed by atoms with Crippen molar-refractivity contribution in [2.75, 3.05) is 6.54 Å². The minimum Gasteiger partial charge on any atom is -0.425 e. The van der Waals surface area contributed by atoms with Crippen molar-refractivity contribution in [1.82, 2.24) is 29.9 Å². The van der Waals surface area contributed by atoms with E-state index in [1.165, 1.54) is 6.42 Å². The Morgan fingerprint density at radius 3 is 2.97 bits per heavy atom. The molecular formula is C24H28N6O2. The zero-order chi connectivity index (χ0) is 21.8. The first kappa shape index (κ1) is 20.5. The van der Waals surface area contributed by atoms with Crippen molar-refractivity contribution in [2.24, 2.45) is 0 Å². The first-order valence-electron chi connectivity index (χ1n) is 11.4. The number of amides is 1. The number of nitrogens with zero attached hydrogens (tertiary/aromatic N) is 5. The molecule has 0 saturated carbocycles. The number of rotatable bonds is 8. The summed E-state index contributed by atoms with van der Waals surface area (Å²) in [6, 6.07) is 10.4. The van der Waals surface area contributed by atoms with Gasteiger partial charge in [-0.05, 0) is 43.4 Å². The summed E-state index contributed by atoms with van der Waals surface area (Å²) >= 11 is 0. The monoisotopic (exact) mass is 432 g/mol. The molecule has 5 rings (SSSR count). The Morgan fingerprint density at radius 1 is 1.16 bits per heavy atom. The van der Waals surface area contributed by atoms with E-state index >= 15 is 0 Å². The molecule has 1 aliphatic rings. The molecule has 1 aromatic carbocycles. The van der Waals surface area contributed by atoms with E-state index in [0.717, 1.165) is 48.8 Å². The molecule has 0 spiro atoms. The van der Waals surface area contributed by atoms with E-state index in [4.69, 9.17) is 4.42 Å². The van der Waals surface area contributed by atoms with Gasteiger partial charge in [0.15, 0.2) is 0 Å². The van der Waals surface area contributed by atoms with E-state index in [1.54, 1.807) is 6.20 Å². The number of aromatic amines is 1. The molecule has 1 amide bonds. The smallest absolute Gasteiger partial charge is 0.223 e. The van der Waals surface area contributed by atoms with Gasteiger partial charge in [0.1, 0.15) is 0 Å². The maximum absolute atomic E-state index is 13.0. The van der Waals surface area contributed by atoms with Crippen LogP contribution in [0.1, 0.15) is 49.4 Å². The van der Waals surface area contributed by atoms with Crippen molar-refractivity contribution in [3.63, 3.8) is 0 Å². The number of para-hydroxylation sites is 1. The first-order chi connectivity index (χ1) is 15.8. The number of aryl methyl sites for hydroxylation is 2. The summed E-state index contributed by atoms with van der Waals surface area (Å²) in [5.74, 6) is 1.28. The molecule has 1 aliphatic heterocycles. The molecule has 1 fully saturated rings. The van der Waals surface area contributed by atoms with Crippen molar-refractivity contribution < 1.29 is 9.21 Å². The van der Waals surface area contributed by atoms with Crippen LogP contribution in [0.3, 0.4) is 0 Å². The number of nitrogens with one attached hydrogen (secondary N) is 1. The number of carbonyl (C=O) groups is 1.